The van der Waals surface area contributed by atoms with Crippen LogP contribution in [0.3, 0.4) is 0 Å². The van der Waals surface area contributed by atoms with Crippen LogP contribution in [0.25, 0.3) is 16.7 Å². The predicted octanol–water partition coefficient (Wildman–Crippen LogP) is 1.82. The molecule has 3 nitrogen and oxygen atoms in total. The third-order valence-electron chi connectivity index (χ3n) is 2.06. The summed E-state index contributed by atoms with van der Waals surface area (Å²) in [6.45, 7) is 0. The van der Waals surface area contributed by atoms with E-state index in [2.05, 4.69) is 22.1 Å². The molecule has 58 valence electrons. The normalized spacial score (nSPS) is 11.3. The molecule has 2 aromatic heterocycles. The summed E-state index contributed by atoms with van der Waals surface area (Å²) in [5, 5.41) is 0. The van der Waals surface area contributed by atoms with Gasteiger partial charge in [0.2, 0.25) is 0 Å². The summed E-state index contributed by atoms with van der Waals surface area (Å²) in [7, 11) is 0. The Hall–Kier alpha value is -1.77. The lowest BCUT2D eigenvalue weighted by Crippen LogP contribution is -1.74. The Labute approximate surface area is 68.7 Å². The van der Waals surface area contributed by atoms with Gasteiger partial charge in [0.05, 0.1) is 17.2 Å². The summed E-state index contributed by atoms with van der Waals surface area (Å²) in [5.41, 5.74) is 3.36. The maximum atomic E-state index is 4.04. The second-order valence-corrected chi connectivity index (χ2v) is 2.79. The quantitative estimate of drug-likeness (QED) is 0.530. The number of H-pyrrole nitrogens is 1. The molecule has 0 aliphatic heterocycles. The van der Waals surface area contributed by atoms with E-state index in [4.69, 9.17) is 0 Å². The Morgan fingerprint density at radius 3 is 3.17 bits per heavy atom. The number of aromatic nitrogens is 3. The fraction of sp³-hybridized carbons (Fsp3) is 0. The van der Waals surface area contributed by atoms with Crippen LogP contribution >= 0.6 is 0 Å². The minimum Gasteiger partial charge on any atom is -0.338 e. The van der Waals surface area contributed by atoms with Crippen LogP contribution in [0.5, 0.6) is 0 Å². The first-order valence-corrected chi connectivity index (χ1v) is 3.84. The van der Waals surface area contributed by atoms with Crippen molar-refractivity contribution in [1.29, 1.82) is 0 Å². The van der Waals surface area contributed by atoms with Crippen molar-refractivity contribution in [2.24, 2.45) is 0 Å². The zero-order valence-electron chi connectivity index (χ0n) is 6.36. The molecule has 0 fully saturated rings. The minimum atomic E-state index is 1.04. The lowest BCUT2D eigenvalue weighted by Gasteiger charge is -1.86. The highest BCUT2D eigenvalue weighted by atomic mass is 15.1. The van der Waals surface area contributed by atoms with Gasteiger partial charge in [-0.05, 0) is 12.1 Å². The molecule has 0 bridgehead atoms. The molecule has 3 rings (SSSR count). The first-order valence-electron chi connectivity index (χ1n) is 3.84. The molecular formula is C9H7N3. The molecule has 2 heterocycles. The van der Waals surface area contributed by atoms with Crippen molar-refractivity contribution < 1.29 is 0 Å². The van der Waals surface area contributed by atoms with Gasteiger partial charge in [0.1, 0.15) is 12.0 Å². The topological polar surface area (TPSA) is 33.1 Å². The van der Waals surface area contributed by atoms with Gasteiger partial charge in [0.25, 0.3) is 0 Å². The highest BCUT2D eigenvalue weighted by Gasteiger charge is 2.00. The van der Waals surface area contributed by atoms with Crippen molar-refractivity contribution in [3.63, 3.8) is 0 Å². The van der Waals surface area contributed by atoms with Crippen molar-refractivity contribution in [2.75, 3.05) is 0 Å². The number of benzene rings is 1. The van der Waals surface area contributed by atoms with Crippen LogP contribution in [0.2, 0.25) is 0 Å². The summed E-state index contributed by atoms with van der Waals surface area (Å²) in [6.07, 6.45) is 3.63. The summed E-state index contributed by atoms with van der Waals surface area (Å²) >= 11 is 0. The summed E-state index contributed by atoms with van der Waals surface area (Å²) in [4.78, 5) is 7.30. The van der Waals surface area contributed by atoms with Gasteiger partial charge in [0, 0.05) is 0 Å². The average molecular weight is 157 g/mol. The molecule has 0 saturated heterocycles. The zero-order chi connectivity index (χ0) is 7.97. The predicted molar refractivity (Wildman–Crippen MR) is 47.0 cm³/mol. The van der Waals surface area contributed by atoms with Crippen LogP contribution < -0.4 is 0 Å². The molecule has 12 heavy (non-hydrogen) atoms. The standard InChI is InChI=1S/C9H7N3/c1-2-4-8-7(3-1)11-9-5-10-6-12(8)9/h1-6,11H. The Morgan fingerprint density at radius 2 is 2.17 bits per heavy atom. The Kier molecular flexibility index (Phi) is 0.913. The molecule has 0 saturated carbocycles. The fourth-order valence-corrected chi connectivity index (χ4v) is 1.51. The first kappa shape index (κ1) is 5.83. The van der Waals surface area contributed by atoms with Crippen LogP contribution in [0, 0.1) is 0 Å². The average Bonchev–Trinajstić information content (AvgIpc) is 2.62. The molecule has 3 heteroatoms. The number of rotatable bonds is 0. The number of imidazole rings is 2. The van der Waals surface area contributed by atoms with E-state index in [1.54, 1.807) is 0 Å². The van der Waals surface area contributed by atoms with Gasteiger partial charge in [-0.3, -0.25) is 4.40 Å². The molecule has 0 unspecified atom stereocenters. The van der Waals surface area contributed by atoms with E-state index in [1.165, 1.54) is 5.52 Å². The molecule has 0 radical (unpaired) electrons. The fourth-order valence-electron chi connectivity index (χ4n) is 1.51. The van der Waals surface area contributed by atoms with Crippen LogP contribution in [0.1, 0.15) is 0 Å². The van der Waals surface area contributed by atoms with Crippen molar-refractivity contribution in [3.05, 3.63) is 36.8 Å². The highest BCUT2D eigenvalue weighted by Crippen LogP contribution is 2.14. The number of nitrogens with zero attached hydrogens (tertiary/aromatic N) is 2. The van der Waals surface area contributed by atoms with Gasteiger partial charge in [-0.2, -0.15) is 0 Å². The van der Waals surface area contributed by atoms with E-state index in [0.29, 0.717) is 0 Å². The van der Waals surface area contributed by atoms with Gasteiger partial charge in [-0.1, -0.05) is 12.1 Å². The van der Waals surface area contributed by atoms with Crippen LogP contribution in [-0.2, 0) is 0 Å². The maximum absolute atomic E-state index is 4.04. The first-order chi connectivity index (χ1) is 5.95. The lowest BCUT2D eigenvalue weighted by molar-refractivity contribution is 1.22. The minimum absolute atomic E-state index is 1.04. The molecule has 0 amide bonds. The second-order valence-electron chi connectivity index (χ2n) is 2.79. The smallest absolute Gasteiger partial charge is 0.135 e. The van der Waals surface area contributed by atoms with Gasteiger partial charge in [0.15, 0.2) is 0 Å². The molecule has 1 N–H and O–H groups in total. The van der Waals surface area contributed by atoms with Crippen LogP contribution in [-0.4, -0.2) is 14.4 Å². The van der Waals surface area contributed by atoms with E-state index < -0.39 is 0 Å². The lowest BCUT2D eigenvalue weighted by atomic mass is 10.3. The van der Waals surface area contributed by atoms with Crippen LogP contribution in [0.15, 0.2) is 36.8 Å². The van der Waals surface area contributed by atoms with E-state index in [-0.39, 0.29) is 0 Å². The van der Waals surface area contributed by atoms with Crippen molar-refractivity contribution in [2.45, 2.75) is 0 Å². The van der Waals surface area contributed by atoms with E-state index in [0.717, 1.165) is 11.2 Å². The molecule has 0 aliphatic carbocycles. The Balaban J connectivity index is 2.68. The van der Waals surface area contributed by atoms with Crippen molar-refractivity contribution >= 4 is 16.7 Å². The van der Waals surface area contributed by atoms with E-state index in [9.17, 15) is 0 Å². The van der Waals surface area contributed by atoms with Crippen molar-refractivity contribution in [3.8, 4) is 0 Å². The summed E-state index contributed by atoms with van der Waals surface area (Å²) in [6, 6.07) is 8.17. The Bertz CT molecular complexity index is 532. The van der Waals surface area contributed by atoms with Gasteiger partial charge >= 0.3 is 0 Å². The van der Waals surface area contributed by atoms with E-state index >= 15 is 0 Å². The molecule has 0 aliphatic rings. The Morgan fingerprint density at radius 1 is 1.25 bits per heavy atom. The molecule has 0 spiro atoms. The number of nitrogens with one attached hydrogen (secondary N) is 1. The second kappa shape index (κ2) is 1.88. The van der Waals surface area contributed by atoms with Gasteiger partial charge in [-0.15, -0.1) is 0 Å². The zero-order valence-corrected chi connectivity index (χ0v) is 6.36. The molecular weight excluding hydrogens is 150 g/mol. The number of hydrogen-bond acceptors (Lipinski definition) is 1. The maximum Gasteiger partial charge on any atom is 0.135 e. The van der Waals surface area contributed by atoms with Crippen LogP contribution in [0.4, 0.5) is 0 Å². The number of fused-ring (bicyclic) bond motifs is 3. The third kappa shape index (κ3) is 0.580. The molecule has 1 aromatic carbocycles. The largest absolute Gasteiger partial charge is 0.338 e. The SMILES string of the molecule is c1ccc2c(c1)[nH]c1cncn12. The highest BCUT2D eigenvalue weighted by molar-refractivity contribution is 5.79. The van der Waals surface area contributed by atoms with Gasteiger partial charge < -0.3 is 4.98 Å². The number of aromatic amines is 1. The van der Waals surface area contributed by atoms with Crippen molar-refractivity contribution in [1.82, 2.24) is 14.4 Å². The summed E-state index contributed by atoms with van der Waals surface area (Å²) < 4.78 is 2.04. The summed E-state index contributed by atoms with van der Waals surface area (Å²) in [5.74, 6) is 0. The van der Waals surface area contributed by atoms with Gasteiger partial charge in [-0.25, -0.2) is 4.98 Å². The number of para-hydroxylation sites is 2. The molecule has 3 aromatic rings. The van der Waals surface area contributed by atoms with E-state index in [1.807, 2.05) is 29.1 Å². The third-order valence-corrected chi connectivity index (χ3v) is 2.06. The molecule has 0 atom stereocenters. The monoisotopic (exact) mass is 157 g/mol. The number of hydrogen-bond donors (Lipinski definition) is 1.